The average molecular weight is 504 g/mol. The number of pyridine rings is 1. The van der Waals surface area contributed by atoms with Crippen molar-refractivity contribution in [1.82, 2.24) is 10.3 Å². The van der Waals surface area contributed by atoms with Gasteiger partial charge >= 0.3 is 12.1 Å². The van der Waals surface area contributed by atoms with Crippen molar-refractivity contribution in [2.45, 2.75) is 25.4 Å². The molecule has 0 unspecified atom stereocenters. The van der Waals surface area contributed by atoms with Crippen molar-refractivity contribution in [3.05, 3.63) is 57.7 Å². The van der Waals surface area contributed by atoms with E-state index in [2.05, 4.69) is 10.3 Å². The van der Waals surface area contributed by atoms with Crippen LogP contribution in [0.15, 0.2) is 36.5 Å². The number of carbonyl (C=O) groups excluding carboxylic acids is 2. The fourth-order valence-electron chi connectivity index (χ4n) is 3.45. The molecule has 6 nitrogen and oxygen atoms in total. The molecule has 2 aromatic rings. The number of benzene rings is 1. The molecule has 1 aromatic heterocycles. The molecule has 1 aromatic carbocycles. The van der Waals surface area contributed by atoms with Gasteiger partial charge in [0.2, 0.25) is 0 Å². The Hall–Kier alpha value is -2.52. The monoisotopic (exact) mass is 503 g/mol. The van der Waals surface area contributed by atoms with E-state index >= 15 is 0 Å². The lowest BCUT2D eigenvalue weighted by molar-refractivity contribution is -0.153. The molecule has 11 heteroatoms. The lowest BCUT2D eigenvalue weighted by Gasteiger charge is -2.31. The minimum atomic E-state index is -4.43. The third kappa shape index (κ3) is 7.23. The molecule has 1 aliphatic heterocycles. The quantitative estimate of drug-likeness (QED) is 0.562. The van der Waals surface area contributed by atoms with E-state index in [9.17, 15) is 22.8 Å². The summed E-state index contributed by atoms with van der Waals surface area (Å²) in [5, 5.41) is 3.71. The molecule has 33 heavy (non-hydrogen) atoms. The van der Waals surface area contributed by atoms with Crippen LogP contribution in [0.3, 0.4) is 0 Å². The Morgan fingerprint density at radius 2 is 1.88 bits per heavy atom. The Morgan fingerprint density at radius 1 is 1.15 bits per heavy atom. The van der Waals surface area contributed by atoms with Crippen LogP contribution >= 0.6 is 23.2 Å². The lowest BCUT2D eigenvalue weighted by Crippen LogP contribution is -2.38. The fourth-order valence-corrected chi connectivity index (χ4v) is 3.95. The van der Waals surface area contributed by atoms with Crippen LogP contribution in [-0.4, -0.2) is 43.1 Å². The number of nitrogens with zero attached hydrogens (tertiary/aromatic N) is 2. The summed E-state index contributed by atoms with van der Waals surface area (Å²) in [5.41, 5.74) is 0.0342. The summed E-state index contributed by atoms with van der Waals surface area (Å²) in [6.07, 6.45) is -2.21. The first-order chi connectivity index (χ1) is 15.6. The van der Waals surface area contributed by atoms with Crippen LogP contribution in [0.2, 0.25) is 10.0 Å². The van der Waals surface area contributed by atoms with Crippen LogP contribution in [0.5, 0.6) is 0 Å². The SMILES string of the molecule is O=C(COC(=O)C1CCN(c2ccc(C(F)(F)F)cn2)CC1)NCCc1ccc(Cl)cc1Cl. The van der Waals surface area contributed by atoms with Gasteiger partial charge in [-0.15, -0.1) is 0 Å². The van der Waals surface area contributed by atoms with Crippen molar-refractivity contribution in [1.29, 1.82) is 0 Å². The van der Waals surface area contributed by atoms with Gasteiger partial charge < -0.3 is 15.0 Å². The molecule has 0 aliphatic carbocycles. The van der Waals surface area contributed by atoms with Crippen LogP contribution in [0.25, 0.3) is 0 Å². The zero-order valence-electron chi connectivity index (χ0n) is 17.5. The van der Waals surface area contributed by atoms with Crippen molar-refractivity contribution in [2.75, 3.05) is 31.1 Å². The lowest BCUT2D eigenvalue weighted by atomic mass is 9.97. The van der Waals surface area contributed by atoms with E-state index in [-0.39, 0.29) is 12.5 Å². The first kappa shape index (κ1) is 25.1. The van der Waals surface area contributed by atoms with Crippen molar-refractivity contribution in [3.8, 4) is 0 Å². The number of ether oxygens (including phenoxy) is 1. The van der Waals surface area contributed by atoms with Crippen LogP contribution in [0.4, 0.5) is 19.0 Å². The van der Waals surface area contributed by atoms with Gasteiger partial charge in [0.25, 0.3) is 5.91 Å². The number of nitrogens with one attached hydrogen (secondary N) is 1. The molecule has 1 fully saturated rings. The second-order valence-electron chi connectivity index (χ2n) is 7.61. The maximum atomic E-state index is 12.7. The topological polar surface area (TPSA) is 71.5 Å². The molecule has 1 amide bonds. The van der Waals surface area contributed by atoms with Crippen LogP contribution in [-0.2, 0) is 26.9 Å². The number of rotatable bonds is 7. The van der Waals surface area contributed by atoms with Gasteiger partial charge in [-0.1, -0.05) is 29.3 Å². The van der Waals surface area contributed by atoms with Gasteiger partial charge in [-0.05, 0) is 49.1 Å². The van der Waals surface area contributed by atoms with E-state index in [1.165, 1.54) is 6.07 Å². The van der Waals surface area contributed by atoms with E-state index in [0.717, 1.165) is 17.8 Å². The molecule has 178 valence electrons. The average Bonchev–Trinajstić information content (AvgIpc) is 2.78. The number of hydrogen-bond donors (Lipinski definition) is 1. The van der Waals surface area contributed by atoms with Gasteiger partial charge in [-0.3, -0.25) is 9.59 Å². The Morgan fingerprint density at radius 3 is 2.48 bits per heavy atom. The van der Waals surface area contributed by atoms with E-state index in [4.69, 9.17) is 27.9 Å². The molecule has 3 rings (SSSR count). The normalized spacial score (nSPS) is 14.8. The van der Waals surface area contributed by atoms with Gasteiger partial charge in [0, 0.05) is 35.9 Å². The minimum absolute atomic E-state index is 0.330. The predicted molar refractivity (Wildman–Crippen MR) is 118 cm³/mol. The van der Waals surface area contributed by atoms with E-state index in [0.29, 0.717) is 54.8 Å². The van der Waals surface area contributed by atoms with Crippen molar-refractivity contribution < 1.29 is 27.5 Å². The highest BCUT2D eigenvalue weighted by atomic mass is 35.5. The zero-order valence-corrected chi connectivity index (χ0v) is 19.0. The molecule has 0 radical (unpaired) electrons. The Kier molecular flexibility index (Phi) is 8.42. The molecular formula is C22H22Cl2F3N3O3. The second kappa shape index (κ2) is 11.1. The van der Waals surface area contributed by atoms with Crippen LogP contribution in [0, 0.1) is 5.92 Å². The first-order valence-electron chi connectivity index (χ1n) is 10.3. The number of esters is 1. The molecule has 1 saturated heterocycles. The number of carbonyl (C=O) groups is 2. The molecule has 1 aliphatic rings. The van der Waals surface area contributed by atoms with Gasteiger partial charge in [-0.25, -0.2) is 4.98 Å². The molecule has 0 atom stereocenters. The predicted octanol–water partition coefficient (Wildman–Crippen LogP) is 4.53. The molecule has 0 spiro atoms. The maximum Gasteiger partial charge on any atom is 0.417 e. The van der Waals surface area contributed by atoms with Crippen molar-refractivity contribution >= 4 is 40.9 Å². The maximum absolute atomic E-state index is 12.7. The third-order valence-electron chi connectivity index (χ3n) is 5.30. The Labute approximate surface area is 199 Å². The third-order valence-corrected chi connectivity index (χ3v) is 5.89. The summed E-state index contributed by atoms with van der Waals surface area (Å²) in [6.45, 7) is 0.850. The summed E-state index contributed by atoms with van der Waals surface area (Å²) >= 11 is 11.9. The number of piperidine rings is 1. The van der Waals surface area contributed by atoms with E-state index < -0.39 is 23.6 Å². The second-order valence-corrected chi connectivity index (χ2v) is 8.45. The first-order valence-corrected chi connectivity index (χ1v) is 11.0. The Bertz CT molecular complexity index is 979. The molecule has 2 heterocycles. The van der Waals surface area contributed by atoms with Gasteiger partial charge in [0.05, 0.1) is 11.5 Å². The molecule has 1 N–H and O–H groups in total. The van der Waals surface area contributed by atoms with Gasteiger partial charge in [0.15, 0.2) is 6.61 Å². The fraction of sp³-hybridized carbons (Fsp3) is 0.409. The van der Waals surface area contributed by atoms with Crippen molar-refractivity contribution in [3.63, 3.8) is 0 Å². The zero-order chi connectivity index (χ0) is 24.0. The van der Waals surface area contributed by atoms with Gasteiger partial charge in [0.1, 0.15) is 5.82 Å². The standard InChI is InChI=1S/C22H22Cl2F3N3O3/c23-17-3-1-14(18(24)11-17)5-8-28-20(31)13-33-21(32)15-6-9-30(10-7-15)19-4-2-16(12-29-19)22(25,26)27/h1-4,11-12,15H,5-10,13H2,(H,28,31). The highest BCUT2D eigenvalue weighted by Crippen LogP contribution is 2.30. The largest absolute Gasteiger partial charge is 0.455 e. The number of hydrogen-bond acceptors (Lipinski definition) is 5. The highest BCUT2D eigenvalue weighted by Gasteiger charge is 2.31. The number of amides is 1. The summed E-state index contributed by atoms with van der Waals surface area (Å²) in [4.78, 5) is 29.9. The summed E-state index contributed by atoms with van der Waals surface area (Å²) < 4.78 is 43.1. The number of alkyl halides is 3. The summed E-state index contributed by atoms with van der Waals surface area (Å²) in [7, 11) is 0. The molecule has 0 saturated carbocycles. The number of halogens is 5. The van der Waals surface area contributed by atoms with Crippen LogP contribution < -0.4 is 10.2 Å². The highest BCUT2D eigenvalue weighted by molar-refractivity contribution is 6.35. The van der Waals surface area contributed by atoms with E-state index in [1.54, 1.807) is 18.2 Å². The van der Waals surface area contributed by atoms with E-state index in [1.807, 2.05) is 4.90 Å². The summed E-state index contributed by atoms with van der Waals surface area (Å²) in [6, 6.07) is 7.43. The van der Waals surface area contributed by atoms with Crippen LogP contribution in [0.1, 0.15) is 24.0 Å². The Balaban J connectivity index is 1.37. The van der Waals surface area contributed by atoms with Crippen molar-refractivity contribution in [2.24, 2.45) is 5.92 Å². The van der Waals surface area contributed by atoms with Gasteiger partial charge in [-0.2, -0.15) is 13.2 Å². The number of anilines is 1. The summed E-state index contributed by atoms with van der Waals surface area (Å²) in [5.74, 6) is -0.836. The molecule has 0 bridgehead atoms. The molecular weight excluding hydrogens is 482 g/mol. The minimum Gasteiger partial charge on any atom is -0.455 e. The smallest absolute Gasteiger partial charge is 0.417 e. The number of aromatic nitrogens is 1.